The van der Waals surface area contributed by atoms with Gasteiger partial charge in [0.25, 0.3) is 0 Å². The average Bonchev–Trinajstić information content (AvgIpc) is 2.70. The summed E-state index contributed by atoms with van der Waals surface area (Å²) >= 11 is 0. The summed E-state index contributed by atoms with van der Waals surface area (Å²) in [5.74, 6) is -1.65. The summed E-state index contributed by atoms with van der Waals surface area (Å²) in [5, 5.41) is 2.65. The first-order valence-corrected chi connectivity index (χ1v) is 9.05. The normalized spacial score (nSPS) is 11.2. The van der Waals surface area contributed by atoms with Gasteiger partial charge < -0.3 is 14.8 Å². The molecule has 2 aromatic carbocycles. The number of hydrogen-bond donors (Lipinski definition) is 1. The standard InChI is InChI=1S/C23H25NO5/c1-23(2,3)18-9-6-15(7-10-18)8-11-20(25)24-19-13-16(21(26)28-4)12-17(14-19)22(27)29-5/h6-14H,1-5H3,(H,24,25)/b11-8-. The smallest absolute Gasteiger partial charge is 0.337 e. The molecular formula is C23H25NO5. The lowest BCUT2D eigenvalue weighted by atomic mass is 9.87. The van der Waals surface area contributed by atoms with Gasteiger partial charge in [-0.3, -0.25) is 4.79 Å². The molecule has 0 aromatic heterocycles. The predicted molar refractivity (Wildman–Crippen MR) is 112 cm³/mol. The molecule has 0 aliphatic rings. The zero-order valence-corrected chi connectivity index (χ0v) is 17.2. The second-order valence-corrected chi connectivity index (χ2v) is 7.48. The van der Waals surface area contributed by atoms with Crippen molar-refractivity contribution < 1.29 is 23.9 Å². The Bertz CT molecular complexity index is 902. The van der Waals surface area contributed by atoms with Crippen LogP contribution in [0.5, 0.6) is 0 Å². The van der Waals surface area contributed by atoms with Gasteiger partial charge in [0.1, 0.15) is 0 Å². The third-order valence-electron chi connectivity index (χ3n) is 4.25. The number of nitrogens with one attached hydrogen (secondary N) is 1. The van der Waals surface area contributed by atoms with Crippen molar-refractivity contribution in [2.45, 2.75) is 26.2 Å². The molecule has 2 rings (SSSR count). The number of carbonyl (C=O) groups is 3. The number of methoxy groups -OCH3 is 2. The number of ether oxygens (including phenoxy) is 2. The predicted octanol–water partition coefficient (Wildman–Crippen LogP) is 4.21. The molecule has 0 spiro atoms. The van der Waals surface area contributed by atoms with Gasteiger partial charge in [-0.05, 0) is 40.8 Å². The van der Waals surface area contributed by atoms with Crippen LogP contribution in [0.2, 0.25) is 0 Å². The van der Waals surface area contributed by atoms with E-state index in [1.54, 1.807) is 6.08 Å². The first kappa shape index (κ1) is 21.9. The fourth-order valence-electron chi connectivity index (χ4n) is 2.62. The largest absolute Gasteiger partial charge is 0.465 e. The number of benzene rings is 2. The highest BCUT2D eigenvalue weighted by Crippen LogP contribution is 2.22. The molecule has 6 nitrogen and oxygen atoms in total. The molecule has 0 heterocycles. The Balaban J connectivity index is 2.18. The Hall–Kier alpha value is -3.41. The van der Waals surface area contributed by atoms with Crippen LogP contribution in [0.4, 0.5) is 5.69 Å². The minimum absolute atomic E-state index is 0.0572. The van der Waals surface area contributed by atoms with E-state index >= 15 is 0 Å². The molecule has 2 aromatic rings. The molecule has 0 fully saturated rings. The summed E-state index contributed by atoms with van der Waals surface area (Å²) in [6.07, 6.45) is 3.07. The molecule has 6 heteroatoms. The Kier molecular flexibility index (Phi) is 6.93. The fourth-order valence-corrected chi connectivity index (χ4v) is 2.62. The van der Waals surface area contributed by atoms with Crippen molar-refractivity contribution in [1.82, 2.24) is 0 Å². The highest BCUT2D eigenvalue weighted by atomic mass is 16.5. The molecule has 0 saturated carbocycles. The van der Waals surface area contributed by atoms with Crippen molar-refractivity contribution in [1.29, 1.82) is 0 Å². The number of amides is 1. The van der Waals surface area contributed by atoms with E-state index in [1.165, 1.54) is 44.1 Å². The van der Waals surface area contributed by atoms with Crippen molar-refractivity contribution in [3.05, 3.63) is 70.8 Å². The molecular weight excluding hydrogens is 370 g/mol. The van der Waals surface area contributed by atoms with Crippen LogP contribution in [-0.2, 0) is 19.7 Å². The number of rotatable bonds is 5. The lowest BCUT2D eigenvalue weighted by Gasteiger charge is -2.18. The van der Waals surface area contributed by atoms with E-state index in [0.717, 1.165) is 5.56 Å². The van der Waals surface area contributed by atoms with E-state index in [0.29, 0.717) is 0 Å². The van der Waals surface area contributed by atoms with Gasteiger partial charge >= 0.3 is 11.9 Å². The van der Waals surface area contributed by atoms with Gasteiger partial charge in [0.2, 0.25) is 5.91 Å². The van der Waals surface area contributed by atoms with Crippen molar-refractivity contribution in [2.75, 3.05) is 19.5 Å². The molecule has 0 saturated heterocycles. The Morgan fingerprint density at radius 3 is 1.83 bits per heavy atom. The van der Waals surface area contributed by atoms with Gasteiger partial charge in [-0.2, -0.15) is 0 Å². The van der Waals surface area contributed by atoms with E-state index < -0.39 is 17.8 Å². The number of hydrogen-bond acceptors (Lipinski definition) is 5. The molecule has 0 unspecified atom stereocenters. The minimum atomic E-state index is -0.624. The quantitative estimate of drug-likeness (QED) is 0.606. The third-order valence-corrected chi connectivity index (χ3v) is 4.25. The summed E-state index contributed by atoms with van der Waals surface area (Å²) in [6, 6.07) is 12.2. The van der Waals surface area contributed by atoms with E-state index in [4.69, 9.17) is 0 Å². The van der Waals surface area contributed by atoms with Gasteiger partial charge in [0.05, 0.1) is 25.3 Å². The highest BCUT2D eigenvalue weighted by Gasteiger charge is 2.15. The molecule has 0 aliphatic carbocycles. The van der Waals surface area contributed by atoms with Crippen molar-refractivity contribution in [3.63, 3.8) is 0 Å². The SMILES string of the molecule is COC(=O)c1cc(NC(=O)/C=C\c2ccc(C(C)(C)C)cc2)cc(C(=O)OC)c1. The summed E-state index contributed by atoms with van der Waals surface area (Å²) in [5.41, 5.74) is 2.69. The molecule has 0 radical (unpaired) electrons. The van der Waals surface area contributed by atoms with Crippen molar-refractivity contribution in [3.8, 4) is 0 Å². The number of carbonyl (C=O) groups excluding carboxylic acids is 3. The van der Waals surface area contributed by atoms with E-state index in [-0.39, 0.29) is 22.2 Å². The lowest BCUT2D eigenvalue weighted by molar-refractivity contribution is -0.111. The van der Waals surface area contributed by atoms with Crippen LogP contribution >= 0.6 is 0 Å². The topological polar surface area (TPSA) is 81.7 Å². The maximum absolute atomic E-state index is 12.3. The Morgan fingerprint density at radius 1 is 0.862 bits per heavy atom. The highest BCUT2D eigenvalue weighted by molar-refractivity contribution is 6.04. The monoisotopic (exact) mass is 395 g/mol. The summed E-state index contributed by atoms with van der Waals surface area (Å²) in [4.78, 5) is 35.9. The maximum Gasteiger partial charge on any atom is 0.337 e. The van der Waals surface area contributed by atoms with Gasteiger partial charge in [0, 0.05) is 11.8 Å². The minimum Gasteiger partial charge on any atom is -0.465 e. The molecule has 29 heavy (non-hydrogen) atoms. The van der Waals surface area contributed by atoms with Gasteiger partial charge in [-0.25, -0.2) is 9.59 Å². The molecule has 0 aliphatic heterocycles. The Labute approximate surface area is 170 Å². The maximum atomic E-state index is 12.3. The van der Waals surface area contributed by atoms with Crippen molar-refractivity contribution in [2.24, 2.45) is 0 Å². The van der Waals surface area contributed by atoms with Crippen LogP contribution < -0.4 is 5.32 Å². The second kappa shape index (κ2) is 9.19. The first-order chi connectivity index (χ1) is 13.6. The zero-order chi connectivity index (χ0) is 21.6. The molecule has 152 valence electrons. The van der Waals surface area contributed by atoms with Gasteiger partial charge in [-0.15, -0.1) is 0 Å². The van der Waals surface area contributed by atoms with Crippen LogP contribution in [0.1, 0.15) is 52.6 Å². The summed E-state index contributed by atoms with van der Waals surface area (Å²) in [6.45, 7) is 6.41. The number of anilines is 1. The second-order valence-electron chi connectivity index (χ2n) is 7.48. The van der Waals surface area contributed by atoms with Gasteiger partial charge in [0.15, 0.2) is 0 Å². The van der Waals surface area contributed by atoms with E-state index in [2.05, 4.69) is 35.6 Å². The van der Waals surface area contributed by atoms with Crippen molar-refractivity contribution >= 4 is 29.6 Å². The third kappa shape index (κ3) is 6.04. The fraction of sp³-hybridized carbons (Fsp3) is 0.261. The van der Waals surface area contributed by atoms with Crippen LogP contribution in [0.15, 0.2) is 48.5 Å². The Morgan fingerprint density at radius 2 is 1.38 bits per heavy atom. The van der Waals surface area contributed by atoms with Crippen LogP contribution in [0.25, 0.3) is 6.08 Å². The molecule has 1 N–H and O–H groups in total. The van der Waals surface area contributed by atoms with E-state index in [9.17, 15) is 14.4 Å². The molecule has 0 bridgehead atoms. The lowest BCUT2D eigenvalue weighted by Crippen LogP contribution is -2.12. The first-order valence-electron chi connectivity index (χ1n) is 9.05. The van der Waals surface area contributed by atoms with Crippen LogP contribution in [0, 0.1) is 0 Å². The van der Waals surface area contributed by atoms with Crippen LogP contribution in [-0.4, -0.2) is 32.1 Å². The average molecular weight is 395 g/mol. The van der Waals surface area contributed by atoms with E-state index in [1.807, 2.05) is 24.3 Å². The van der Waals surface area contributed by atoms with Crippen LogP contribution in [0.3, 0.4) is 0 Å². The molecule has 0 atom stereocenters. The summed E-state index contributed by atoms with van der Waals surface area (Å²) in [7, 11) is 2.47. The zero-order valence-electron chi connectivity index (χ0n) is 17.2. The molecule has 1 amide bonds. The summed E-state index contributed by atoms with van der Waals surface area (Å²) < 4.78 is 9.37. The number of esters is 2. The van der Waals surface area contributed by atoms with Gasteiger partial charge in [-0.1, -0.05) is 45.0 Å².